The van der Waals surface area contributed by atoms with Crippen LogP contribution in [0.1, 0.15) is 16.7 Å². The number of nitrogens with zero attached hydrogens (tertiary/aromatic N) is 1. The number of pyridine rings is 1. The minimum Gasteiger partial charge on any atom is -0.366 e. The molecule has 0 unspecified atom stereocenters. The number of benzene rings is 1. The van der Waals surface area contributed by atoms with Gasteiger partial charge in [-0.3, -0.25) is 0 Å². The van der Waals surface area contributed by atoms with Gasteiger partial charge in [0.1, 0.15) is 5.82 Å². The van der Waals surface area contributed by atoms with Gasteiger partial charge in [0.15, 0.2) is 0 Å². The third kappa shape index (κ3) is 3.24. The molecular weight excluding hydrogens is 253 g/mol. The standard InChI is InChI=1S/C14H13F3N2/c1-10-5-4-8-18-13(10)19-9-11-6-2-3-7-12(11)14(15,16)17/h2-8H,9H2,1H3,(H,18,19). The second-order valence-corrected chi connectivity index (χ2v) is 4.18. The number of nitrogens with one attached hydrogen (secondary N) is 1. The van der Waals surface area contributed by atoms with Gasteiger partial charge in [-0.1, -0.05) is 24.3 Å². The average molecular weight is 266 g/mol. The van der Waals surface area contributed by atoms with Gasteiger partial charge < -0.3 is 5.32 Å². The Balaban J connectivity index is 2.19. The van der Waals surface area contributed by atoms with E-state index in [4.69, 9.17) is 0 Å². The molecule has 2 nitrogen and oxygen atoms in total. The summed E-state index contributed by atoms with van der Waals surface area (Å²) < 4.78 is 38.4. The summed E-state index contributed by atoms with van der Waals surface area (Å²) in [6, 6.07) is 9.17. The van der Waals surface area contributed by atoms with E-state index in [0.29, 0.717) is 5.82 Å². The van der Waals surface area contributed by atoms with Gasteiger partial charge in [-0.2, -0.15) is 13.2 Å². The molecule has 19 heavy (non-hydrogen) atoms. The maximum atomic E-state index is 12.8. The topological polar surface area (TPSA) is 24.9 Å². The highest BCUT2D eigenvalue weighted by molar-refractivity contribution is 5.44. The molecule has 0 atom stereocenters. The SMILES string of the molecule is Cc1cccnc1NCc1ccccc1C(F)(F)F. The number of hydrogen-bond acceptors (Lipinski definition) is 2. The molecule has 0 radical (unpaired) electrons. The Morgan fingerprint density at radius 2 is 1.84 bits per heavy atom. The molecule has 1 N–H and O–H groups in total. The van der Waals surface area contributed by atoms with E-state index in [-0.39, 0.29) is 12.1 Å². The fourth-order valence-electron chi connectivity index (χ4n) is 1.80. The molecule has 0 aliphatic heterocycles. The molecule has 0 spiro atoms. The number of aromatic nitrogens is 1. The number of hydrogen-bond donors (Lipinski definition) is 1. The monoisotopic (exact) mass is 266 g/mol. The van der Waals surface area contributed by atoms with E-state index >= 15 is 0 Å². The Labute approximate surface area is 109 Å². The van der Waals surface area contributed by atoms with E-state index in [1.807, 2.05) is 13.0 Å². The number of anilines is 1. The summed E-state index contributed by atoms with van der Waals surface area (Å²) >= 11 is 0. The molecule has 1 aromatic carbocycles. The maximum absolute atomic E-state index is 12.8. The van der Waals surface area contributed by atoms with Crippen molar-refractivity contribution >= 4 is 5.82 Å². The highest BCUT2D eigenvalue weighted by atomic mass is 19.4. The summed E-state index contributed by atoms with van der Waals surface area (Å²) in [5, 5.41) is 2.93. The van der Waals surface area contributed by atoms with Gasteiger partial charge in [0.2, 0.25) is 0 Å². The molecular formula is C14H13F3N2. The van der Waals surface area contributed by atoms with Gasteiger partial charge >= 0.3 is 6.18 Å². The fraction of sp³-hybridized carbons (Fsp3) is 0.214. The molecule has 0 amide bonds. The van der Waals surface area contributed by atoms with Gasteiger partial charge in [0.25, 0.3) is 0 Å². The van der Waals surface area contributed by atoms with Crippen molar-refractivity contribution in [3.8, 4) is 0 Å². The van der Waals surface area contributed by atoms with E-state index in [0.717, 1.165) is 11.6 Å². The number of halogens is 3. The molecule has 0 saturated carbocycles. The fourth-order valence-corrected chi connectivity index (χ4v) is 1.80. The molecule has 5 heteroatoms. The van der Waals surface area contributed by atoms with Crippen LogP contribution >= 0.6 is 0 Å². The van der Waals surface area contributed by atoms with Crippen molar-refractivity contribution in [2.75, 3.05) is 5.32 Å². The largest absolute Gasteiger partial charge is 0.416 e. The second kappa shape index (κ2) is 5.30. The number of aryl methyl sites for hydroxylation is 1. The van der Waals surface area contributed by atoms with Crippen LogP contribution in [0, 0.1) is 6.92 Å². The Bertz CT molecular complexity index is 565. The Kier molecular flexibility index (Phi) is 3.74. The van der Waals surface area contributed by atoms with E-state index in [1.54, 1.807) is 18.3 Å². The van der Waals surface area contributed by atoms with Crippen LogP contribution in [0.5, 0.6) is 0 Å². The third-order valence-electron chi connectivity index (χ3n) is 2.78. The molecule has 2 aromatic rings. The van der Waals surface area contributed by atoms with Crippen molar-refractivity contribution in [3.05, 3.63) is 59.3 Å². The zero-order valence-corrected chi connectivity index (χ0v) is 10.3. The van der Waals surface area contributed by atoms with Gasteiger partial charge in [-0.05, 0) is 30.2 Å². The van der Waals surface area contributed by atoms with Crippen LogP contribution in [-0.2, 0) is 12.7 Å². The summed E-state index contributed by atoms with van der Waals surface area (Å²) in [5.74, 6) is 0.597. The van der Waals surface area contributed by atoms with Crippen LogP contribution in [0.4, 0.5) is 19.0 Å². The smallest absolute Gasteiger partial charge is 0.366 e. The zero-order valence-electron chi connectivity index (χ0n) is 10.3. The van der Waals surface area contributed by atoms with Crippen LogP contribution in [0.25, 0.3) is 0 Å². The van der Waals surface area contributed by atoms with Gasteiger partial charge in [0.05, 0.1) is 5.56 Å². The first-order valence-electron chi connectivity index (χ1n) is 5.79. The van der Waals surface area contributed by atoms with Gasteiger partial charge in [0, 0.05) is 12.7 Å². The van der Waals surface area contributed by atoms with Crippen LogP contribution in [0.15, 0.2) is 42.6 Å². The van der Waals surface area contributed by atoms with E-state index < -0.39 is 11.7 Å². The van der Waals surface area contributed by atoms with Gasteiger partial charge in [-0.25, -0.2) is 4.98 Å². The van der Waals surface area contributed by atoms with Crippen molar-refractivity contribution in [2.24, 2.45) is 0 Å². The molecule has 100 valence electrons. The molecule has 0 bridgehead atoms. The quantitative estimate of drug-likeness (QED) is 0.907. The first-order chi connectivity index (χ1) is 8.98. The van der Waals surface area contributed by atoms with Crippen LogP contribution < -0.4 is 5.32 Å². The predicted molar refractivity (Wildman–Crippen MR) is 67.7 cm³/mol. The summed E-state index contributed by atoms with van der Waals surface area (Å²) in [7, 11) is 0. The highest BCUT2D eigenvalue weighted by Crippen LogP contribution is 2.32. The van der Waals surface area contributed by atoms with Crippen molar-refractivity contribution in [2.45, 2.75) is 19.6 Å². The van der Waals surface area contributed by atoms with Gasteiger partial charge in [-0.15, -0.1) is 0 Å². The zero-order chi connectivity index (χ0) is 13.9. The lowest BCUT2D eigenvalue weighted by Gasteiger charge is -2.14. The van der Waals surface area contributed by atoms with Crippen LogP contribution in [-0.4, -0.2) is 4.98 Å². The lowest BCUT2D eigenvalue weighted by atomic mass is 10.1. The van der Waals surface area contributed by atoms with Crippen LogP contribution in [0.2, 0.25) is 0 Å². The lowest BCUT2D eigenvalue weighted by Crippen LogP contribution is -2.12. The predicted octanol–water partition coefficient (Wildman–Crippen LogP) is 4.02. The lowest BCUT2D eigenvalue weighted by molar-refractivity contribution is -0.138. The highest BCUT2D eigenvalue weighted by Gasteiger charge is 2.32. The molecule has 1 aromatic heterocycles. The Morgan fingerprint density at radius 3 is 2.53 bits per heavy atom. The summed E-state index contributed by atoms with van der Waals surface area (Å²) in [6.45, 7) is 1.94. The average Bonchev–Trinajstić information content (AvgIpc) is 2.37. The first kappa shape index (κ1) is 13.4. The van der Waals surface area contributed by atoms with Crippen molar-refractivity contribution < 1.29 is 13.2 Å². The van der Waals surface area contributed by atoms with E-state index in [1.165, 1.54) is 12.1 Å². The third-order valence-corrected chi connectivity index (χ3v) is 2.78. The number of rotatable bonds is 3. The number of alkyl halides is 3. The normalized spacial score (nSPS) is 11.4. The van der Waals surface area contributed by atoms with Crippen molar-refractivity contribution in [1.29, 1.82) is 0 Å². The second-order valence-electron chi connectivity index (χ2n) is 4.18. The van der Waals surface area contributed by atoms with Crippen molar-refractivity contribution in [3.63, 3.8) is 0 Å². The molecule has 1 heterocycles. The Morgan fingerprint density at radius 1 is 1.11 bits per heavy atom. The van der Waals surface area contributed by atoms with Crippen LogP contribution in [0.3, 0.4) is 0 Å². The first-order valence-corrected chi connectivity index (χ1v) is 5.79. The molecule has 2 rings (SSSR count). The summed E-state index contributed by atoms with van der Waals surface area (Å²) in [5.41, 5.74) is 0.489. The molecule has 0 aliphatic carbocycles. The molecule has 0 saturated heterocycles. The molecule has 0 fully saturated rings. The van der Waals surface area contributed by atoms with E-state index in [2.05, 4.69) is 10.3 Å². The maximum Gasteiger partial charge on any atom is 0.416 e. The van der Waals surface area contributed by atoms with Crippen molar-refractivity contribution in [1.82, 2.24) is 4.98 Å². The minimum atomic E-state index is -4.34. The van der Waals surface area contributed by atoms with E-state index in [9.17, 15) is 13.2 Å². The Hall–Kier alpha value is -2.04. The minimum absolute atomic E-state index is 0.0908. The summed E-state index contributed by atoms with van der Waals surface area (Å²) in [4.78, 5) is 4.09. The molecule has 0 aliphatic rings. The summed E-state index contributed by atoms with van der Waals surface area (Å²) in [6.07, 6.45) is -2.73.